The quantitative estimate of drug-likeness (QED) is 0.206. The molecule has 3 aromatic carbocycles. The Bertz CT molecular complexity index is 1420. The number of carbonyl (C=O) groups excluding carboxylic acids is 2. The number of hydrogen-bond acceptors (Lipinski definition) is 4. The van der Waals surface area contributed by atoms with Crippen LogP contribution in [-0.4, -0.2) is 34.3 Å². The van der Waals surface area contributed by atoms with E-state index in [0.717, 1.165) is 16.7 Å². The van der Waals surface area contributed by atoms with Gasteiger partial charge in [-0.3, -0.25) is 9.59 Å². The van der Waals surface area contributed by atoms with Crippen LogP contribution >= 0.6 is 0 Å². The molecule has 204 valence electrons. The highest BCUT2D eigenvalue weighted by molar-refractivity contribution is 6.46. The molecular formula is C33H36FNO4. The van der Waals surface area contributed by atoms with Crippen LogP contribution in [-0.2, 0) is 21.4 Å². The second kappa shape index (κ2) is 11.0. The fourth-order valence-electron chi connectivity index (χ4n) is 4.88. The third kappa shape index (κ3) is 6.06. The second-order valence-electron chi connectivity index (χ2n) is 11.4. The average Bonchev–Trinajstić information content (AvgIpc) is 3.12. The van der Waals surface area contributed by atoms with Crippen LogP contribution in [0.25, 0.3) is 5.76 Å². The molecule has 0 radical (unpaired) electrons. The van der Waals surface area contributed by atoms with Gasteiger partial charge >= 0.3 is 0 Å². The van der Waals surface area contributed by atoms with Gasteiger partial charge in [0.2, 0.25) is 0 Å². The minimum absolute atomic E-state index is 0.0509. The number of ether oxygens (including phenoxy) is 1. The maximum Gasteiger partial charge on any atom is 0.295 e. The van der Waals surface area contributed by atoms with Gasteiger partial charge < -0.3 is 14.7 Å². The van der Waals surface area contributed by atoms with E-state index in [1.165, 1.54) is 17.0 Å². The molecule has 1 heterocycles. The average molecular weight is 530 g/mol. The van der Waals surface area contributed by atoms with Crippen molar-refractivity contribution in [3.63, 3.8) is 0 Å². The van der Waals surface area contributed by atoms with E-state index in [1.807, 2.05) is 63.2 Å². The number of likely N-dealkylation sites (tertiary alicyclic amines) is 1. The van der Waals surface area contributed by atoms with Gasteiger partial charge in [0.15, 0.2) is 0 Å². The largest absolute Gasteiger partial charge is 0.507 e. The van der Waals surface area contributed by atoms with Crippen LogP contribution < -0.4 is 4.74 Å². The zero-order valence-electron chi connectivity index (χ0n) is 23.4. The Kier molecular flexibility index (Phi) is 7.96. The zero-order valence-corrected chi connectivity index (χ0v) is 23.4. The first kappa shape index (κ1) is 28.1. The lowest BCUT2D eigenvalue weighted by atomic mass is 9.84. The molecule has 1 saturated heterocycles. The van der Waals surface area contributed by atoms with Gasteiger partial charge in [0, 0.05) is 12.1 Å². The lowest BCUT2D eigenvalue weighted by Gasteiger charge is -2.26. The van der Waals surface area contributed by atoms with Crippen LogP contribution in [0.4, 0.5) is 4.39 Å². The van der Waals surface area contributed by atoms with E-state index >= 15 is 0 Å². The lowest BCUT2D eigenvalue weighted by molar-refractivity contribution is -0.139. The van der Waals surface area contributed by atoms with Gasteiger partial charge in [-0.1, -0.05) is 57.2 Å². The van der Waals surface area contributed by atoms with E-state index in [1.54, 1.807) is 12.1 Å². The van der Waals surface area contributed by atoms with Crippen molar-refractivity contribution in [3.05, 3.63) is 106 Å². The van der Waals surface area contributed by atoms with Crippen LogP contribution in [0, 0.1) is 12.7 Å². The highest BCUT2D eigenvalue weighted by Gasteiger charge is 2.46. The normalized spacial score (nSPS) is 17.2. The van der Waals surface area contributed by atoms with Crippen molar-refractivity contribution in [3.8, 4) is 5.75 Å². The van der Waals surface area contributed by atoms with Gasteiger partial charge in [-0.05, 0) is 85.2 Å². The number of Topliss-reactive ketones (excluding diaryl/α,β-unsaturated/α-hetero) is 1. The number of aliphatic hydroxyl groups is 1. The Labute approximate surface area is 229 Å². The van der Waals surface area contributed by atoms with E-state index in [9.17, 15) is 19.1 Å². The number of halogens is 1. The van der Waals surface area contributed by atoms with E-state index in [4.69, 9.17) is 4.74 Å². The molecule has 3 aromatic rings. The molecule has 1 fully saturated rings. The van der Waals surface area contributed by atoms with Gasteiger partial charge in [0.25, 0.3) is 11.7 Å². The summed E-state index contributed by atoms with van der Waals surface area (Å²) in [6, 6.07) is 18.4. The third-order valence-corrected chi connectivity index (χ3v) is 7.00. The molecule has 1 aliphatic rings. The molecular weight excluding hydrogens is 493 g/mol. The van der Waals surface area contributed by atoms with Gasteiger partial charge in [-0.25, -0.2) is 4.39 Å². The first-order valence-corrected chi connectivity index (χ1v) is 13.3. The minimum atomic E-state index is -0.807. The molecule has 0 aliphatic carbocycles. The Hall–Kier alpha value is -3.93. The Balaban J connectivity index is 1.85. The number of rotatable bonds is 7. The third-order valence-electron chi connectivity index (χ3n) is 7.00. The highest BCUT2D eigenvalue weighted by atomic mass is 19.1. The van der Waals surface area contributed by atoms with Gasteiger partial charge in [0.1, 0.15) is 17.3 Å². The number of nitrogens with zero attached hydrogens (tertiary/aromatic N) is 1. The van der Waals surface area contributed by atoms with Crippen molar-refractivity contribution in [1.82, 2.24) is 4.90 Å². The lowest BCUT2D eigenvalue weighted by Crippen LogP contribution is -2.31. The van der Waals surface area contributed by atoms with Gasteiger partial charge in [0.05, 0.1) is 17.7 Å². The molecule has 0 aromatic heterocycles. The predicted octanol–water partition coefficient (Wildman–Crippen LogP) is 6.88. The summed E-state index contributed by atoms with van der Waals surface area (Å²) in [6.07, 6.45) is 0.359. The Morgan fingerprint density at radius 1 is 1.03 bits per heavy atom. The van der Waals surface area contributed by atoms with Crippen LogP contribution in [0.15, 0.2) is 72.3 Å². The number of aryl methyl sites for hydroxylation is 1. The van der Waals surface area contributed by atoms with Crippen molar-refractivity contribution in [2.45, 2.75) is 65.5 Å². The maximum atomic E-state index is 13.5. The molecule has 39 heavy (non-hydrogen) atoms. The summed E-state index contributed by atoms with van der Waals surface area (Å²) < 4.78 is 19.3. The summed E-state index contributed by atoms with van der Waals surface area (Å²) in [5.74, 6) is -1.33. The topological polar surface area (TPSA) is 66.8 Å². The van der Waals surface area contributed by atoms with Crippen molar-refractivity contribution in [1.29, 1.82) is 0 Å². The molecule has 1 unspecified atom stereocenters. The van der Waals surface area contributed by atoms with Crippen LogP contribution in [0.1, 0.15) is 68.5 Å². The fraction of sp³-hybridized carbons (Fsp3) is 0.333. The smallest absolute Gasteiger partial charge is 0.295 e. The summed E-state index contributed by atoms with van der Waals surface area (Å²) >= 11 is 0. The van der Waals surface area contributed by atoms with Gasteiger partial charge in [-0.15, -0.1) is 0 Å². The summed E-state index contributed by atoms with van der Waals surface area (Å²) in [6.45, 7) is 12.2. The van der Waals surface area contributed by atoms with E-state index in [-0.39, 0.29) is 35.2 Å². The number of amides is 1. The molecule has 5 nitrogen and oxygen atoms in total. The van der Waals surface area contributed by atoms with E-state index in [2.05, 4.69) is 20.8 Å². The molecule has 1 amide bonds. The summed E-state index contributed by atoms with van der Waals surface area (Å²) in [5, 5.41) is 11.7. The predicted molar refractivity (Wildman–Crippen MR) is 151 cm³/mol. The maximum absolute atomic E-state index is 13.5. The number of hydrogen-bond donors (Lipinski definition) is 1. The van der Waals surface area contributed by atoms with Crippen LogP contribution in [0.3, 0.4) is 0 Å². The summed E-state index contributed by atoms with van der Waals surface area (Å²) in [4.78, 5) is 28.5. The summed E-state index contributed by atoms with van der Waals surface area (Å²) in [7, 11) is 0. The van der Waals surface area contributed by atoms with Gasteiger partial charge in [-0.2, -0.15) is 0 Å². The van der Waals surface area contributed by atoms with Crippen molar-refractivity contribution >= 4 is 17.4 Å². The van der Waals surface area contributed by atoms with Crippen molar-refractivity contribution in [2.24, 2.45) is 0 Å². The van der Waals surface area contributed by atoms with Crippen molar-refractivity contribution in [2.75, 3.05) is 6.54 Å². The first-order chi connectivity index (χ1) is 18.4. The molecule has 1 atom stereocenters. The minimum Gasteiger partial charge on any atom is -0.507 e. The number of carbonyl (C=O) groups is 2. The molecule has 6 heteroatoms. The SMILES string of the molecule is Cc1ccc(C(C)(C)C)cc1/C(O)=C1\C(=O)C(=O)N(CCc2ccc(F)cc2)C1c1cccc(OC(C)C)c1. The summed E-state index contributed by atoms with van der Waals surface area (Å²) in [5.41, 5.74) is 3.71. The number of aliphatic hydroxyl groups excluding tert-OH is 1. The van der Waals surface area contributed by atoms with Crippen molar-refractivity contribution < 1.29 is 23.8 Å². The molecule has 0 spiro atoms. The standard InChI is InChI=1S/C33H36FNO4/c1-20(2)39-26-9-7-8-23(18-26)29-28(30(36)27-19-24(33(4,5)6)13-10-21(27)3)31(37)32(38)35(29)17-16-22-11-14-25(34)15-12-22/h7-15,18-20,29,36H,16-17H2,1-6H3/b30-28+. The monoisotopic (exact) mass is 529 g/mol. The number of benzene rings is 3. The molecule has 4 rings (SSSR count). The Morgan fingerprint density at radius 3 is 2.36 bits per heavy atom. The molecule has 1 N–H and O–H groups in total. The van der Waals surface area contributed by atoms with Crippen LogP contribution in [0.2, 0.25) is 0 Å². The molecule has 1 aliphatic heterocycles. The molecule has 0 saturated carbocycles. The Morgan fingerprint density at radius 2 is 1.72 bits per heavy atom. The second-order valence-corrected chi connectivity index (χ2v) is 11.4. The van der Waals surface area contributed by atoms with E-state index < -0.39 is 17.7 Å². The first-order valence-electron chi connectivity index (χ1n) is 13.3. The van der Waals surface area contributed by atoms with E-state index in [0.29, 0.717) is 23.3 Å². The highest BCUT2D eigenvalue weighted by Crippen LogP contribution is 2.41. The fourth-order valence-corrected chi connectivity index (χ4v) is 4.88. The van der Waals surface area contributed by atoms with Crippen LogP contribution in [0.5, 0.6) is 5.75 Å². The zero-order chi connectivity index (χ0) is 28.5. The number of ketones is 1. The molecule has 0 bridgehead atoms.